The van der Waals surface area contributed by atoms with Crippen LogP contribution in [0.15, 0.2) is 30.3 Å². The van der Waals surface area contributed by atoms with E-state index in [1.165, 1.54) is 5.56 Å². The maximum absolute atomic E-state index is 12.3. The molecule has 2 aromatic rings. The van der Waals surface area contributed by atoms with Gasteiger partial charge in [-0.3, -0.25) is 4.79 Å². The molecule has 0 fully saturated rings. The molecule has 124 valence electrons. The van der Waals surface area contributed by atoms with Gasteiger partial charge in [0.15, 0.2) is 0 Å². The lowest BCUT2D eigenvalue weighted by molar-refractivity contribution is 0.0930. The van der Waals surface area contributed by atoms with Crippen LogP contribution in [-0.2, 0) is 13.5 Å². The number of hydrogen-bond acceptors (Lipinski definition) is 2. The van der Waals surface area contributed by atoms with Gasteiger partial charge in [-0.25, -0.2) is 0 Å². The van der Waals surface area contributed by atoms with Crippen LogP contribution in [-0.4, -0.2) is 23.6 Å². The van der Waals surface area contributed by atoms with Gasteiger partial charge in [-0.15, -0.1) is 0 Å². The lowest BCUT2D eigenvalue weighted by Crippen LogP contribution is -2.34. The van der Waals surface area contributed by atoms with E-state index < -0.39 is 0 Å². The summed E-state index contributed by atoms with van der Waals surface area (Å²) in [5.74, 6) is 0.663. The molecular weight excluding hydrogens is 335 g/mol. The van der Waals surface area contributed by atoms with Crippen molar-refractivity contribution in [1.82, 2.24) is 9.88 Å². The molecule has 2 rings (SSSR count). The quantitative estimate of drug-likeness (QED) is 0.848. The van der Waals surface area contributed by atoms with E-state index in [0.717, 1.165) is 18.6 Å². The predicted molar refractivity (Wildman–Crippen MR) is 93.7 cm³/mol. The van der Waals surface area contributed by atoms with Gasteiger partial charge in [-0.05, 0) is 43.5 Å². The standard InChI is InChI=1S/C17H20Cl2N2O2/c1-11(4-5-12-6-8-13(23-3)9-7-12)20-17(22)15-10-14(18)16(19)21(15)2/h6-11H,4-5H2,1-3H3,(H,20,22). The molecule has 1 heterocycles. The molecule has 1 aromatic carbocycles. The normalized spacial score (nSPS) is 12.0. The molecule has 1 N–H and O–H groups in total. The molecule has 4 nitrogen and oxygen atoms in total. The molecular formula is C17H20Cl2N2O2. The van der Waals surface area contributed by atoms with Crippen LogP contribution in [0.25, 0.3) is 0 Å². The Balaban J connectivity index is 1.89. The van der Waals surface area contributed by atoms with E-state index in [4.69, 9.17) is 27.9 Å². The number of halogens is 2. The number of methoxy groups -OCH3 is 1. The summed E-state index contributed by atoms with van der Waals surface area (Å²) in [6, 6.07) is 9.56. The Kier molecular flexibility index (Phi) is 5.97. The number of carbonyl (C=O) groups is 1. The van der Waals surface area contributed by atoms with Gasteiger partial charge >= 0.3 is 0 Å². The third kappa shape index (κ3) is 4.43. The van der Waals surface area contributed by atoms with Gasteiger partial charge in [-0.1, -0.05) is 35.3 Å². The zero-order valence-electron chi connectivity index (χ0n) is 13.4. The molecule has 1 unspecified atom stereocenters. The van der Waals surface area contributed by atoms with Crippen LogP contribution < -0.4 is 10.1 Å². The smallest absolute Gasteiger partial charge is 0.268 e. The second-order valence-electron chi connectivity index (χ2n) is 5.49. The summed E-state index contributed by atoms with van der Waals surface area (Å²) in [6.07, 6.45) is 1.71. The Bertz CT molecular complexity index is 681. The zero-order chi connectivity index (χ0) is 17.0. The van der Waals surface area contributed by atoms with E-state index >= 15 is 0 Å². The maximum atomic E-state index is 12.3. The van der Waals surface area contributed by atoms with Gasteiger partial charge in [0.05, 0.1) is 12.1 Å². The van der Waals surface area contributed by atoms with Crippen LogP contribution in [0.2, 0.25) is 10.2 Å². The lowest BCUT2D eigenvalue weighted by Gasteiger charge is -2.14. The second-order valence-corrected chi connectivity index (χ2v) is 6.25. The van der Waals surface area contributed by atoms with Gasteiger partial charge in [0.2, 0.25) is 0 Å². The highest BCUT2D eigenvalue weighted by molar-refractivity contribution is 6.41. The Morgan fingerprint density at radius 3 is 2.48 bits per heavy atom. The van der Waals surface area contributed by atoms with Gasteiger partial charge in [-0.2, -0.15) is 0 Å². The van der Waals surface area contributed by atoms with Crippen molar-refractivity contribution in [2.24, 2.45) is 7.05 Å². The summed E-state index contributed by atoms with van der Waals surface area (Å²) in [5.41, 5.74) is 1.66. The number of aryl methyl sites for hydroxylation is 1. The first kappa shape index (κ1) is 17.7. The first-order valence-electron chi connectivity index (χ1n) is 7.37. The largest absolute Gasteiger partial charge is 0.497 e. The van der Waals surface area contributed by atoms with Gasteiger partial charge < -0.3 is 14.6 Å². The molecule has 1 aromatic heterocycles. The molecule has 0 saturated heterocycles. The van der Waals surface area contributed by atoms with E-state index in [0.29, 0.717) is 15.9 Å². The van der Waals surface area contributed by atoms with Crippen molar-refractivity contribution in [3.05, 3.63) is 51.8 Å². The summed E-state index contributed by atoms with van der Waals surface area (Å²) in [5, 5.41) is 3.71. The maximum Gasteiger partial charge on any atom is 0.268 e. The van der Waals surface area contributed by atoms with E-state index in [2.05, 4.69) is 5.32 Å². The summed E-state index contributed by atoms with van der Waals surface area (Å²) >= 11 is 11.9. The number of ether oxygens (including phenoxy) is 1. The summed E-state index contributed by atoms with van der Waals surface area (Å²) in [7, 11) is 3.36. The number of carbonyl (C=O) groups excluding carboxylic acids is 1. The SMILES string of the molecule is COc1ccc(CCC(C)NC(=O)c2cc(Cl)c(Cl)n2C)cc1. The number of amides is 1. The van der Waals surface area contributed by atoms with Crippen LogP contribution in [0.1, 0.15) is 29.4 Å². The molecule has 0 saturated carbocycles. The van der Waals surface area contributed by atoms with Crippen molar-refractivity contribution >= 4 is 29.1 Å². The Morgan fingerprint density at radius 1 is 1.30 bits per heavy atom. The number of benzene rings is 1. The van der Waals surface area contributed by atoms with Crippen LogP contribution in [0.5, 0.6) is 5.75 Å². The average molecular weight is 355 g/mol. The molecule has 0 radical (unpaired) electrons. The molecule has 6 heteroatoms. The first-order chi connectivity index (χ1) is 10.9. The molecule has 23 heavy (non-hydrogen) atoms. The number of hydrogen-bond donors (Lipinski definition) is 1. The second kappa shape index (κ2) is 7.75. The Labute approximate surface area is 146 Å². The topological polar surface area (TPSA) is 43.3 Å². The summed E-state index contributed by atoms with van der Waals surface area (Å²) in [6.45, 7) is 1.98. The number of aromatic nitrogens is 1. The van der Waals surface area contributed by atoms with Crippen LogP contribution in [0, 0.1) is 0 Å². The van der Waals surface area contributed by atoms with Crippen molar-refractivity contribution < 1.29 is 9.53 Å². The highest BCUT2D eigenvalue weighted by atomic mass is 35.5. The molecule has 0 aliphatic rings. The highest BCUT2D eigenvalue weighted by Gasteiger charge is 2.17. The van der Waals surface area contributed by atoms with E-state index in [1.807, 2.05) is 31.2 Å². The molecule has 1 atom stereocenters. The minimum Gasteiger partial charge on any atom is -0.497 e. The van der Waals surface area contributed by atoms with Crippen LogP contribution in [0.4, 0.5) is 0 Å². The van der Waals surface area contributed by atoms with E-state index in [9.17, 15) is 4.79 Å². The van der Waals surface area contributed by atoms with Crippen molar-refractivity contribution in [2.45, 2.75) is 25.8 Å². The molecule has 0 aliphatic heterocycles. The average Bonchev–Trinajstić information content (AvgIpc) is 2.81. The molecule has 0 bridgehead atoms. The fourth-order valence-electron chi connectivity index (χ4n) is 2.31. The third-order valence-electron chi connectivity index (χ3n) is 3.75. The first-order valence-corrected chi connectivity index (χ1v) is 8.12. The van der Waals surface area contributed by atoms with E-state index in [1.54, 1.807) is 24.8 Å². The van der Waals surface area contributed by atoms with Crippen molar-refractivity contribution in [3.8, 4) is 5.75 Å². The van der Waals surface area contributed by atoms with E-state index in [-0.39, 0.29) is 11.9 Å². The lowest BCUT2D eigenvalue weighted by atomic mass is 10.1. The van der Waals surface area contributed by atoms with Crippen LogP contribution in [0.3, 0.4) is 0 Å². The van der Waals surface area contributed by atoms with Gasteiger partial charge in [0.25, 0.3) is 5.91 Å². The number of nitrogens with one attached hydrogen (secondary N) is 1. The number of rotatable bonds is 6. The third-order valence-corrected chi connectivity index (χ3v) is 4.59. The highest BCUT2D eigenvalue weighted by Crippen LogP contribution is 2.25. The fourth-order valence-corrected chi connectivity index (χ4v) is 2.68. The van der Waals surface area contributed by atoms with Crippen molar-refractivity contribution in [3.63, 3.8) is 0 Å². The van der Waals surface area contributed by atoms with Crippen LogP contribution >= 0.6 is 23.2 Å². The van der Waals surface area contributed by atoms with Crippen molar-refractivity contribution in [1.29, 1.82) is 0 Å². The fraction of sp³-hybridized carbons (Fsp3) is 0.353. The minimum absolute atomic E-state index is 0.0389. The van der Waals surface area contributed by atoms with Gasteiger partial charge in [0, 0.05) is 13.1 Å². The minimum atomic E-state index is -0.177. The summed E-state index contributed by atoms with van der Waals surface area (Å²) < 4.78 is 6.72. The Hall–Kier alpha value is -1.65. The van der Waals surface area contributed by atoms with Crippen molar-refractivity contribution in [2.75, 3.05) is 7.11 Å². The molecule has 1 amide bonds. The predicted octanol–water partition coefficient (Wildman–Crippen LogP) is 4.09. The summed E-state index contributed by atoms with van der Waals surface area (Å²) in [4.78, 5) is 12.3. The molecule has 0 aliphatic carbocycles. The zero-order valence-corrected chi connectivity index (χ0v) is 14.9. The number of nitrogens with zero attached hydrogens (tertiary/aromatic N) is 1. The Morgan fingerprint density at radius 2 is 1.96 bits per heavy atom. The monoisotopic (exact) mass is 354 g/mol. The molecule has 0 spiro atoms. The van der Waals surface area contributed by atoms with Gasteiger partial charge in [0.1, 0.15) is 16.6 Å².